The second-order valence-corrected chi connectivity index (χ2v) is 22.0. The van der Waals surface area contributed by atoms with Gasteiger partial charge in [-0.25, -0.2) is 4.79 Å². The third-order valence-corrected chi connectivity index (χ3v) is 16.7. The van der Waals surface area contributed by atoms with Gasteiger partial charge in [-0.15, -0.1) is 0 Å². The molecule has 26 heteroatoms. The number of fused-ring (bicyclic) bond motifs is 1. The van der Waals surface area contributed by atoms with Gasteiger partial charge in [0, 0.05) is 97.0 Å². The van der Waals surface area contributed by atoms with Crippen molar-refractivity contribution in [1.29, 1.82) is 0 Å². The highest BCUT2D eigenvalue weighted by atomic mass is 32.2. The lowest BCUT2D eigenvalue weighted by atomic mass is 10.0. The van der Waals surface area contributed by atoms with Crippen LogP contribution in [0.25, 0.3) is 0 Å². The van der Waals surface area contributed by atoms with E-state index < -0.39 is 36.1 Å². The molecule has 0 bridgehead atoms. The summed E-state index contributed by atoms with van der Waals surface area (Å²) in [4.78, 5) is 129. The van der Waals surface area contributed by atoms with Crippen molar-refractivity contribution in [2.75, 3.05) is 127 Å². The number of hydrogen-bond acceptors (Lipinski definition) is 17. The van der Waals surface area contributed by atoms with Crippen molar-refractivity contribution in [3.63, 3.8) is 0 Å². The molecule has 7 rings (SSSR count). The summed E-state index contributed by atoms with van der Waals surface area (Å²) in [6.45, 7) is 6.88. The lowest BCUT2D eigenvalue weighted by Gasteiger charge is -2.40. The number of carbonyl (C=O) groups excluding carboxylic acids is 8. The zero-order valence-electron chi connectivity index (χ0n) is 44.1. The summed E-state index contributed by atoms with van der Waals surface area (Å²) in [5.41, 5.74) is 0. The summed E-state index contributed by atoms with van der Waals surface area (Å²) in [6, 6.07) is -1.78. The fourth-order valence-electron chi connectivity index (χ4n) is 10.7. The average molecular weight is 1070 g/mol. The van der Waals surface area contributed by atoms with E-state index in [4.69, 9.17) is 15.0 Å². The number of anilines is 3. The van der Waals surface area contributed by atoms with Crippen LogP contribution in [-0.4, -0.2) is 255 Å². The Morgan fingerprint density at radius 3 is 1.71 bits per heavy atom. The van der Waals surface area contributed by atoms with Gasteiger partial charge in [-0.3, -0.25) is 33.6 Å². The molecule has 0 spiro atoms. The van der Waals surface area contributed by atoms with Crippen molar-refractivity contribution >= 4 is 77.0 Å². The molecule has 9 amide bonds. The number of aliphatic hydroxyl groups is 2. The number of nitrogens with one attached hydrogen (secondary N) is 4. The number of rotatable bonds is 25. The number of nitrogens with zero attached hydrogens (tertiary/aromatic N) is 11. The van der Waals surface area contributed by atoms with Crippen LogP contribution in [0.4, 0.5) is 22.6 Å². The first-order valence-electron chi connectivity index (χ1n) is 26.9. The number of amides is 9. The molecule has 0 unspecified atom stereocenters. The molecule has 7 atom stereocenters. The number of urea groups is 1. The van der Waals surface area contributed by atoms with Gasteiger partial charge in [-0.05, 0) is 39.5 Å². The van der Waals surface area contributed by atoms with Crippen molar-refractivity contribution in [2.45, 2.75) is 133 Å². The molecule has 1 aromatic heterocycles. The monoisotopic (exact) mass is 1070 g/mol. The Morgan fingerprint density at radius 2 is 1.15 bits per heavy atom. The fraction of sp³-hybridized carbons (Fsp3) is 0.776. The van der Waals surface area contributed by atoms with Crippen LogP contribution in [-0.2, 0) is 33.6 Å². The zero-order chi connectivity index (χ0) is 53.8. The standard InChI is InChI=1S/C49H79N15O10S/c1-32(65)42-44(72)63(28-38(69)57(42)3)27-36(67)50-17-13-10-8-6-5-7-9-11-16-37(68)59-19-23-61(24-20-59)47-54-46(51-18-14-12-15-35-41-34(31-75-35)52-49(74)53-41)55-48(56-47)62-25-21-60(22-26-62)40(71)30-64-29-39(70)58(4)43(33(2)66)45(64)73/h32-35,41-43,65-66H,5-31H2,1-4H3,(H,50,67)(H2,52,53,74)(H,51,54,55,56)/t32-,33-,34+,35+,41+,42+,43+/m1/s1. The summed E-state index contributed by atoms with van der Waals surface area (Å²) in [7, 11) is 2.96. The predicted octanol–water partition coefficient (Wildman–Crippen LogP) is -1.36. The van der Waals surface area contributed by atoms with E-state index in [1.807, 2.05) is 21.6 Å². The summed E-state index contributed by atoms with van der Waals surface area (Å²) >= 11 is 1.90. The van der Waals surface area contributed by atoms with Gasteiger partial charge in [0.2, 0.25) is 59.2 Å². The van der Waals surface area contributed by atoms with Gasteiger partial charge in [0.1, 0.15) is 38.3 Å². The van der Waals surface area contributed by atoms with E-state index in [1.165, 1.54) is 47.5 Å². The molecule has 0 aliphatic carbocycles. The first kappa shape index (κ1) is 57.0. The quantitative estimate of drug-likeness (QED) is 0.0487. The summed E-state index contributed by atoms with van der Waals surface area (Å²) in [5.74, 6) is 0.305. The van der Waals surface area contributed by atoms with Crippen molar-refractivity contribution in [2.24, 2.45) is 0 Å². The Hall–Kier alpha value is -5.76. The normalized spacial score (nSPS) is 24.1. The molecule has 6 aliphatic heterocycles. The first-order chi connectivity index (χ1) is 36.0. The first-order valence-corrected chi connectivity index (χ1v) is 28.0. The number of unbranched alkanes of at least 4 members (excludes halogenated alkanes) is 8. The molecule has 6 aliphatic rings. The highest BCUT2D eigenvalue weighted by molar-refractivity contribution is 8.00. The van der Waals surface area contributed by atoms with Crippen LogP contribution < -0.4 is 31.1 Å². The third-order valence-electron chi connectivity index (χ3n) is 15.2. The second-order valence-electron chi connectivity index (χ2n) is 20.7. The lowest BCUT2D eigenvalue weighted by Crippen LogP contribution is -2.63. The lowest BCUT2D eigenvalue weighted by molar-refractivity contribution is -0.160. The van der Waals surface area contributed by atoms with Crippen LogP contribution >= 0.6 is 11.8 Å². The molecule has 7 heterocycles. The fourth-order valence-corrected chi connectivity index (χ4v) is 12.3. The molecule has 0 saturated carbocycles. The Bertz CT molecular complexity index is 2190. The number of likely N-dealkylation sites (N-methyl/N-ethyl adjacent to an activating group) is 2. The minimum atomic E-state index is -1.08. The van der Waals surface area contributed by atoms with Gasteiger partial charge in [-0.1, -0.05) is 44.9 Å². The van der Waals surface area contributed by atoms with Crippen LogP contribution in [0.5, 0.6) is 0 Å². The molecule has 0 aromatic carbocycles. The van der Waals surface area contributed by atoms with E-state index in [0.29, 0.717) is 95.0 Å². The Labute approximate surface area is 443 Å². The molecule has 6 saturated heterocycles. The van der Waals surface area contributed by atoms with E-state index in [-0.39, 0.29) is 73.8 Å². The number of aliphatic hydroxyl groups excluding tert-OH is 2. The molecule has 416 valence electrons. The van der Waals surface area contributed by atoms with Gasteiger partial charge in [0.15, 0.2) is 0 Å². The Balaban J connectivity index is 0.814. The predicted molar refractivity (Wildman–Crippen MR) is 279 cm³/mol. The zero-order valence-corrected chi connectivity index (χ0v) is 44.9. The molecular formula is C49H79N15O10S. The van der Waals surface area contributed by atoms with Crippen LogP contribution in [0.15, 0.2) is 0 Å². The van der Waals surface area contributed by atoms with Gasteiger partial charge < -0.3 is 70.7 Å². The van der Waals surface area contributed by atoms with Crippen molar-refractivity contribution < 1.29 is 48.6 Å². The Morgan fingerprint density at radius 1 is 0.640 bits per heavy atom. The number of piperazine rings is 4. The van der Waals surface area contributed by atoms with Gasteiger partial charge in [-0.2, -0.15) is 26.7 Å². The van der Waals surface area contributed by atoms with E-state index >= 15 is 0 Å². The average Bonchev–Trinajstić information content (AvgIpc) is 3.95. The van der Waals surface area contributed by atoms with Crippen LogP contribution in [0, 0.1) is 0 Å². The number of carbonyl (C=O) groups is 8. The Kier molecular flexibility index (Phi) is 20.4. The highest BCUT2D eigenvalue weighted by Gasteiger charge is 2.44. The van der Waals surface area contributed by atoms with Crippen LogP contribution in [0.3, 0.4) is 0 Å². The smallest absolute Gasteiger partial charge is 0.315 e. The maximum absolute atomic E-state index is 13.5. The molecule has 1 aromatic rings. The minimum absolute atomic E-state index is 0.0893. The van der Waals surface area contributed by atoms with Crippen molar-refractivity contribution in [1.82, 2.24) is 60.3 Å². The van der Waals surface area contributed by atoms with Crippen LogP contribution in [0.2, 0.25) is 0 Å². The molecule has 25 nitrogen and oxygen atoms in total. The van der Waals surface area contributed by atoms with E-state index in [0.717, 1.165) is 76.4 Å². The molecular weight excluding hydrogens is 991 g/mol. The number of thioether (sulfide) groups is 1. The van der Waals surface area contributed by atoms with Gasteiger partial charge >= 0.3 is 6.03 Å². The summed E-state index contributed by atoms with van der Waals surface area (Å²) in [5, 5.41) is 32.8. The van der Waals surface area contributed by atoms with Crippen molar-refractivity contribution in [3.8, 4) is 0 Å². The number of aromatic nitrogens is 3. The topological polar surface area (TPSA) is 290 Å². The highest BCUT2D eigenvalue weighted by Crippen LogP contribution is 2.33. The second kappa shape index (κ2) is 26.8. The van der Waals surface area contributed by atoms with E-state index in [9.17, 15) is 48.6 Å². The maximum Gasteiger partial charge on any atom is 0.315 e. The third kappa shape index (κ3) is 15.0. The van der Waals surface area contributed by atoms with Gasteiger partial charge in [0.05, 0.1) is 24.3 Å². The molecule has 0 radical (unpaired) electrons. The molecule has 6 N–H and O–H groups in total. The maximum atomic E-state index is 13.5. The van der Waals surface area contributed by atoms with Crippen molar-refractivity contribution in [3.05, 3.63) is 0 Å². The number of hydrogen-bond donors (Lipinski definition) is 6. The largest absolute Gasteiger partial charge is 0.391 e. The summed E-state index contributed by atoms with van der Waals surface area (Å²) in [6.07, 6.45) is 8.92. The minimum Gasteiger partial charge on any atom is -0.391 e. The van der Waals surface area contributed by atoms with E-state index in [1.54, 1.807) is 4.90 Å². The SMILES string of the molecule is C[C@@H](O)[C@H]1C(=O)N(CC(=O)NCCCCCCCCCCC(=O)N2CCN(c3nc(NCCCC[C@@H]4SC[C@@H]5NC(=O)N[C@@H]54)nc(N4CCN(C(=O)CN5CC(=O)N(C)[C@@H]([C@@H](C)O)C5=O)CC4)n3)CC2)CC(=O)N1C. The molecule has 75 heavy (non-hydrogen) atoms. The van der Waals surface area contributed by atoms with Gasteiger partial charge in [0.25, 0.3) is 0 Å². The van der Waals surface area contributed by atoms with Crippen LogP contribution in [0.1, 0.15) is 90.9 Å². The summed E-state index contributed by atoms with van der Waals surface area (Å²) < 4.78 is 0. The molecule has 6 fully saturated rings. The van der Waals surface area contributed by atoms with E-state index in [2.05, 4.69) is 26.2 Å².